The summed E-state index contributed by atoms with van der Waals surface area (Å²) < 4.78 is 0. The maximum atomic E-state index is 5.66. The minimum Gasteiger partial charge on any atom is -0.397 e. The zero-order valence-corrected chi connectivity index (χ0v) is 6.70. The molecule has 0 spiro atoms. The van der Waals surface area contributed by atoms with Crippen molar-refractivity contribution >= 4 is 11.4 Å². The maximum Gasteiger partial charge on any atom is 0.0928 e. The highest BCUT2D eigenvalue weighted by molar-refractivity contribution is 5.65. The molecular weight excluding hydrogens is 140 g/mol. The van der Waals surface area contributed by atoms with E-state index in [0.717, 1.165) is 11.4 Å². The van der Waals surface area contributed by atoms with Crippen LogP contribution in [0.4, 0.5) is 11.4 Å². The molecule has 1 aromatic heterocycles. The first-order chi connectivity index (χ1) is 5.11. The second-order valence-corrected chi connectivity index (χ2v) is 2.50. The highest BCUT2D eigenvalue weighted by atomic mass is 15.4. The average molecular weight is 152 g/mol. The van der Waals surface area contributed by atoms with E-state index in [1.54, 1.807) is 19.3 Å². The van der Waals surface area contributed by atoms with Crippen molar-refractivity contribution in [1.82, 2.24) is 4.98 Å². The van der Waals surface area contributed by atoms with Crippen molar-refractivity contribution in [2.75, 3.05) is 17.8 Å². The Balaban J connectivity index is 3.09. The first kappa shape index (κ1) is 7.81. The number of aryl methyl sites for hydroxylation is 1. The molecule has 0 saturated heterocycles. The van der Waals surface area contributed by atoms with Crippen LogP contribution < -0.4 is 16.6 Å². The Kier molecular flexibility index (Phi) is 1.96. The molecular formula is C7H12N4. The number of hydrogen-bond acceptors (Lipinski definition) is 4. The van der Waals surface area contributed by atoms with Crippen LogP contribution in [0.25, 0.3) is 0 Å². The van der Waals surface area contributed by atoms with Gasteiger partial charge in [0.25, 0.3) is 0 Å². The highest BCUT2D eigenvalue weighted by Crippen LogP contribution is 2.18. The lowest BCUT2D eigenvalue weighted by atomic mass is 10.3. The lowest BCUT2D eigenvalue weighted by Gasteiger charge is -2.13. The fourth-order valence-corrected chi connectivity index (χ4v) is 0.868. The van der Waals surface area contributed by atoms with Gasteiger partial charge in [-0.2, -0.15) is 0 Å². The Morgan fingerprint density at radius 3 is 2.64 bits per heavy atom. The van der Waals surface area contributed by atoms with Gasteiger partial charge in [-0.15, -0.1) is 0 Å². The standard InChI is InChI=1S/C7H12N4/c1-5-3-6(8)7(4-10-5)11(2)9/h3-4H,9H2,1-2H3,(H2,8,10). The second-order valence-electron chi connectivity index (χ2n) is 2.50. The Morgan fingerprint density at radius 1 is 1.55 bits per heavy atom. The van der Waals surface area contributed by atoms with Gasteiger partial charge in [0.05, 0.1) is 17.6 Å². The summed E-state index contributed by atoms with van der Waals surface area (Å²) in [4.78, 5) is 4.06. The molecule has 4 heteroatoms. The third-order valence-corrected chi connectivity index (χ3v) is 1.43. The van der Waals surface area contributed by atoms with E-state index in [2.05, 4.69) is 4.98 Å². The fraction of sp³-hybridized carbons (Fsp3) is 0.286. The minimum absolute atomic E-state index is 0.655. The summed E-state index contributed by atoms with van der Waals surface area (Å²) in [5.41, 5.74) is 7.96. The molecule has 0 unspecified atom stereocenters. The van der Waals surface area contributed by atoms with Crippen molar-refractivity contribution in [3.63, 3.8) is 0 Å². The molecule has 1 heterocycles. The van der Waals surface area contributed by atoms with Crippen molar-refractivity contribution in [3.05, 3.63) is 18.0 Å². The number of nitrogens with zero attached hydrogens (tertiary/aromatic N) is 2. The minimum atomic E-state index is 0.655. The molecule has 0 atom stereocenters. The number of rotatable bonds is 1. The second kappa shape index (κ2) is 2.75. The molecule has 0 aliphatic heterocycles. The molecule has 0 radical (unpaired) electrons. The van der Waals surface area contributed by atoms with Gasteiger partial charge in [0.2, 0.25) is 0 Å². The molecule has 0 saturated carbocycles. The van der Waals surface area contributed by atoms with Crippen LogP contribution in [0.5, 0.6) is 0 Å². The van der Waals surface area contributed by atoms with E-state index in [-0.39, 0.29) is 0 Å². The Morgan fingerprint density at radius 2 is 2.18 bits per heavy atom. The van der Waals surface area contributed by atoms with Gasteiger partial charge in [0.1, 0.15) is 0 Å². The average Bonchev–Trinajstić information content (AvgIpc) is 1.85. The van der Waals surface area contributed by atoms with Crippen LogP contribution in [-0.4, -0.2) is 12.0 Å². The van der Waals surface area contributed by atoms with E-state index < -0.39 is 0 Å². The molecule has 60 valence electrons. The quantitative estimate of drug-likeness (QED) is 0.448. The molecule has 0 aromatic carbocycles. The molecule has 0 fully saturated rings. The lowest BCUT2D eigenvalue weighted by molar-refractivity contribution is 1.00. The summed E-state index contributed by atoms with van der Waals surface area (Å²) in [6, 6.07) is 1.79. The van der Waals surface area contributed by atoms with Crippen molar-refractivity contribution in [3.8, 4) is 0 Å². The zero-order chi connectivity index (χ0) is 8.43. The van der Waals surface area contributed by atoms with E-state index in [9.17, 15) is 0 Å². The topological polar surface area (TPSA) is 68.2 Å². The lowest BCUT2D eigenvalue weighted by Crippen LogP contribution is -2.26. The Bertz CT molecular complexity index is 257. The van der Waals surface area contributed by atoms with Crippen LogP contribution in [0.1, 0.15) is 5.69 Å². The van der Waals surface area contributed by atoms with E-state index >= 15 is 0 Å². The smallest absolute Gasteiger partial charge is 0.0928 e. The molecule has 11 heavy (non-hydrogen) atoms. The van der Waals surface area contributed by atoms with Gasteiger partial charge in [0, 0.05) is 12.7 Å². The number of hydrogen-bond donors (Lipinski definition) is 2. The van der Waals surface area contributed by atoms with Crippen LogP contribution in [-0.2, 0) is 0 Å². The predicted molar refractivity (Wildman–Crippen MR) is 46.0 cm³/mol. The molecule has 0 bridgehead atoms. The number of aromatic nitrogens is 1. The third-order valence-electron chi connectivity index (χ3n) is 1.43. The van der Waals surface area contributed by atoms with Gasteiger partial charge < -0.3 is 10.7 Å². The summed E-state index contributed by atoms with van der Waals surface area (Å²) in [6.45, 7) is 1.89. The number of nitrogen functional groups attached to an aromatic ring is 1. The van der Waals surface area contributed by atoms with Gasteiger partial charge in [-0.3, -0.25) is 4.98 Å². The SMILES string of the molecule is Cc1cc(N)c(N(C)N)cn1. The first-order valence-corrected chi connectivity index (χ1v) is 3.32. The number of anilines is 2. The third kappa shape index (κ3) is 1.59. The number of pyridine rings is 1. The van der Waals surface area contributed by atoms with Crippen molar-refractivity contribution in [2.45, 2.75) is 6.92 Å². The molecule has 4 N–H and O–H groups in total. The normalized spacial score (nSPS) is 9.73. The van der Waals surface area contributed by atoms with Gasteiger partial charge in [0.15, 0.2) is 0 Å². The molecule has 4 nitrogen and oxygen atoms in total. The van der Waals surface area contributed by atoms with Crippen molar-refractivity contribution in [1.29, 1.82) is 0 Å². The Labute approximate surface area is 65.8 Å². The number of hydrazine groups is 1. The van der Waals surface area contributed by atoms with Gasteiger partial charge >= 0.3 is 0 Å². The summed E-state index contributed by atoms with van der Waals surface area (Å²) in [5, 5.41) is 1.45. The van der Waals surface area contributed by atoms with Crippen LogP contribution in [0.15, 0.2) is 12.3 Å². The van der Waals surface area contributed by atoms with Crippen LogP contribution >= 0.6 is 0 Å². The predicted octanol–water partition coefficient (Wildman–Crippen LogP) is 0.282. The first-order valence-electron chi connectivity index (χ1n) is 3.32. The summed E-state index contributed by atoms with van der Waals surface area (Å²) in [5.74, 6) is 5.48. The molecule has 0 aliphatic rings. The fourth-order valence-electron chi connectivity index (χ4n) is 0.868. The van der Waals surface area contributed by atoms with Crippen molar-refractivity contribution < 1.29 is 0 Å². The molecule has 1 rings (SSSR count). The van der Waals surface area contributed by atoms with Crippen LogP contribution in [0.3, 0.4) is 0 Å². The van der Waals surface area contributed by atoms with E-state index in [4.69, 9.17) is 11.6 Å². The zero-order valence-electron chi connectivity index (χ0n) is 6.70. The van der Waals surface area contributed by atoms with E-state index in [0.29, 0.717) is 5.69 Å². The molecule has 1 aromatic rings. The largest absolute Gasteiger partial charge is 0.397 e. The van der Waals surface area contributed by atoms with E-state index in [1.807, 2.05) is 6.92 Å². The molecule has 0 amide bonds. The highest BCUT2D eigenvalue weighted by Gasteiger charge is 2.00. The van der Waals surface area contributed by atoms with Gasteiger partial charge in [-0.05, 0) is 13.0 Å². The molecule has 0 aliphatic carbocycles. The summed E-state index contributed by atoms with van der Waals surface area (Å²) >= 11 is 0. The Hall–Kier alpha value is -1.29. The van der Waals surface area contributed by atoms with Crippen LogP contribution in [0, 0.1) is 6.92 Å². The maximum absolute atomic E-state index is 5.66. The van der Waals surface area contributed by atoms with Crippen LogP contribution in [0.2, 0.25) is 0 Å². The summed E-state index contributed by atoms with van der Waals surface area (Å²) in [6.07, 6.45) is 1.66. The van der Waals surface area contributed by atoms with Gasteiger partial charge in [-0.1, -0.05) is 0 Å². The summed E-state index contributed by atoms with van der Waals surface area (Å²) in [7, 11) is 1.72. The van der Waals surface area contributed by atoms with E-state index in [1.165, 1.54) is 5.01 Å². The monoisotopic (exact) mass is 152 g/mol. The van der Waals surface area contributed by atoms with Crippen molar-refractivity contribution in [2.24, 2.45) is 5.84 Å². The number of nitrogens with two attached hydrogens (primary N) is 2. The van der Waals surface area contributed by atoms with Gasteiger partial charge in [-0.25, -0.2) is 5.84 Å².